The van der Waals surface area contributed by atoms with Gasteiger partial charge in [-0.05, 0) is 57.8 Å². The average molecular weight is 278 g/mol. The van der Waals surface area contributed by atoms with E-state index in [1.165, 1.54) is 30.4 Å². The van der Waals surface area contributed by atoms with E-state index in [1.54, 1.807) is 12.3 Å². The second-order valence-corrected chi connectivity index (χ2v) is 6.99. The maximum absolute atomic E-state index is 11.8. The van der Waals surface area contributed by atoms with Gasteiger partial charge < -0.3 is 9.47 Å². The van der Waals surface area contributed by atoms with Gasteiger partial charge in [0.1, 0.15) is 5.60 Å². The fourth-order valence-electron chi connectivity index (χ4n) is 2.82. The van der Waals surface area contributed by atoms with Crippen molar-refractivity contribution in [3.63, 3.8) is 0 Å². The van der Waals surface area contributed by atoms with Crippen molar-refractivity contribution >= 4 is 6.09 Å². The summed E-state index contributed by atoms with van der Waals surface area (Å²) in [5.74, 6) is 1.17. The maximum atomic E-state index is 11.8. The molecule has 0 bridgehead atoms. The lowest BCUT2D eigenvalue weighted by molar-refractivity contribution is 0.0505. The molecular formula is C15H22N2O3. The zero-order chi connectivity index (χ0) is 14.4. The van der Waals surface area contributed by atoms with E-state index in [0.717, 1.165) is 0 Å². The summed E-state index contributed by atoms with van der Waals surface area (Å²) >= 11 is 0. The SMILES string of the molecule is CC(C)(C)OC(=O)n1ccc(OCC2CCC23CC3)n1. The minimum absolute atomic E-state index is 0.477. The van der Waals surface area contributed by atoms with Crippen LogP contribution >= 0.6 is 0 Å². The molecule has 2 aliphatic rings. The van der Waals surface area contributed by atoms with Gasteiger partial charge in [-0.1, -0.05) is 0 Å². The van der Waals surface area contributed by atoms with Gasteiger partial charge in [0.05, 0.1) is 6.61 Å². The molecule has 1 unspecified atom stereocenters. The van der Waals surface area contributed by atoms with Crippen molar-refractivity contribution in [3.05, 3.63) is 12.3 Å². The van der Waals surface area contributed by atoms with Crippen molar-refractivity contribution in [2.24, 2.45) is 11.3 Å². The summed E-state index contributed by atoms with van der Waals surface area (Å²) in [5.41, 5.74) is 0.0854. The van der Waals surface area contributed by atoms with Crippen molar-refractivity contribution in [1.29, 1.82) is 0 Å². The Labute approximate surface area is 119 Å². The fourth-order valence-corrected chi connectivity index (χ4v) is 2.82. The summed E-state index contributed by atoms with van der Waals surface area (Å²) in [7, 11) is 0. The van der Waals surface area contributed by atoms with Crippen molar-refractivity contribution in [2.75, 3.05) is 6.61 Å². The minimum atomic E-state index is -0.520. The summed E-state index contributed by atoms with van der Waals surface area (Å²) in [6, 6.07) is 1.71. The first-order valence-electron chi connectivity index (χ1n) is 7.30. The van der Waals surface area contributed by atoms with Gasteiger partial charge in [-0.2, -0.15) is 4.68 Å². The number of rotatable bonds is 3. The Kier molecular flexibility index (Phi) is 3.03. The Hall–Kier alpha value is -1.52. The summed E-state index contributed by atoms with van der Waals surface area (Å²) < 4.78 is 12.1. The van der Waals surface area contributed by atoms with E-state index in [4.69, 9.17) is 9.47 Å². The summed E-state index contributed by atoms with van der Waals surface area (Å²) in [5, 5.41) is 4.11. The van der Waals surface area contributed by atoms with Crippen LogP contribution in [0, 0.1) is 11.3 Å². The van der Waals surface area contributed by atoms with E-state index in [0.29, 0.717) is 23.8 Å². The van der Waals surface area contributed by atoms with Crippen LogP contribution in [-0.4, -0.2) is 28.1 Å². The largest absolute Gasteiger partial charge is 0.476 e. The zero-order valence-corrected chi connectivity index (χ0v) is 12.4. The van der Waals surface area contributed by atoms with Crippen molar-refractivity contribution in [2.45, 2.75) is 52.1 Å². The smallest absolute Gasteiger partial charge is 0.435 e. The standard InChI is InChI=1S/C15H22N2O3/c1-14(2,3)20-13(18)17-9-5-12(16-17)19-10-11-4-6-15(11)7-8-15/h5,9,11H,4,6-8,10H2,1-3H3. The van der Waals surface area contributed by atoms with Gasteiger partial charge in [-0.3, -0.25) is 0 Å². The molecule has 5 heteroatoms. The van der Waals surface area contributed by atoms with Crippen LogP contribution in [0.5, 0.6) is 5.88 Å². The number of hydrogen-bond acceptors (Lipinski definition) is 4. The number of carbonyl (C=O) groups is 1. The molecular weight excluding hydrogens is 256 g/mol. The van der Waals surface area contributed by atoms with Gasteiger partial charge in [0.2, 0.25) is 5.88 Å². The van der Waals surface area contributed by atoms with E-state index in [1.807, 2.05) is 20.8 Å². The Morgan fingerprint density at radius 2 is 2.20 bits per heavy atom. The Morgan fingerprint density at radius 1 is 1.45 bits per heavy atom. The number of ether oxygens (including phenoxy) is 2. The first kappa shape index (κ1) is 13.5. The molecule has 0 aliphatic heterocycles. The molecule has 0 aromatic carbocycles. The summed E-state index contributed by atoms with van der Waals surface area (Å²) in [6.07, 6.45) is 6.42. The van der Waals surface area contributed by atoms with Crippen molar-refractivity contribution in [3.8, 4) is 5.88 Å². The molecule has 1 aromatic rings. The Balaban J connectivity index is 1.53. The zero-order valence-electron chi connectivity index (χ0n) is 12.4. The van der Waals surface area contributed by atoms with Crippen LogP contribution in [0.4, 0.5) is 4.79 Å². The van der Waals surface area contributed by atoms with Crippen molar-refractivity contribution in [1.82, 2.24) is 9.78 Å². The Bertz CT molecular complexity index is 511. The fraction of sp³-hybridized carbons (Fsp3) is 0.733. The lowest BCUT2D eigenvalue weighted by Crippen LogP contribution is -2.32. The third kappa shape index (κ3) is 2.67. The highest BCUT2D eigenvalue weighted by molar-refractivity contribution is 5.69. The van der Waals surface area contributed by atoms with Crippen LogP contribution in [0.3, 0.4) is 0 Å². The normalized spacial score (nSPS) is 23.2. The number of nitrogens with zero attached hydrogens (tertiary/aromatic N) is 2. The third-order valence-electron chi connectivity index (χ3n) is 4.33. The van der Waals surface area contributed by atoms with Gasteiger partial charge in [0, 0.05) is 12.3 Å². The second kappa shape index (κ2) is 4.50. The van der Waals surface area contributed by atoms with Crippen LogP contribution in [0.1, 0.15) is 46.5 Å². The molecule has 0 N–H and O–H groups in total. The molecule has 3 rings (SSSR count). The molecule has 0 saturated heterocycles. The van der Waals surface area contributed by atoms with Crippen LogP contribution in [0.25, 0.3) is 0 Å². The van der Waals surface area contributed by atoms with Gasteiger partial charge in [-0.15, -0.1) is 5.10 Å². The molecule has 1 aromatic heterocycles. The maximum Gasteiger partial charge on any atom is 0.435 e. The van der Waals surface area contributed by atoms with Crippen LogP contribution in [-0.2, 0) is 4.74 Å². The van der Waals surface area contributed by atoms with Gasteiger partial charge in [0.15, 0.2) is 0 Å². The van der Waals surface area contributed by atoms with Crippen molar-refractivity contribution < 1.29 is 14.3 Å². The second-order valence-electron chi connectivity index (χ2n) is 6.99. The van der Waals surface area contributed by atoms with Crippen LogP contribution < -0.4 is 4.74 Å². The molecule has 5 nitrogen and oxygen atoms in total. The van der Waals surface area contributed by atoms with E-state index in [2.05, 4.69) is 5.10 Å². The molecule has 0 radical (unpaired) electrons. The highest BCUT2D eigenvalue weighted by Crippen LogP contribution is 2.64. The molecule has 2 saturated carbocycles. The number of carbonyl (C=O) groups excluding carboxylic acids is 1. The van der Waals surface area contributed by atoms with E-state index in [-0.39, 0.29) is 0 Å². The minimum Gasteiger partial charge on any atom is -0.476 e. The highest BCUT2D eigenvalue weighted by Gasteiger charge is 2.55. The molecule has 20 heavy (non-hydrogen) atoms. The van der Waals surface area contributed by atoms with Gasteiger partial charge >= 0.3 is 6.09 Å². The lowest BCUT2D eigenvalue weighted by atomic mass is 9.71. The quantitative estimate of drug-likeness (QED) is 0.851. The van der Waals surface area contributed by atoms with Crippen LogP contribution in [0.2, 0.25) is 0 Å². The van der Waals surface area contributed by atoms with Gasteiger partial charge in [0.25, 0.3) is 0 Å². The number of aromatic nitrogens is 2. The first-order chi connectivity index (χ1) is 9.38. The molecule has 2 aliphatic carbocycles. The molecule has 1 atom stereocenters. The van der Waals surface area contributed by atoms with E-state index < -0.39 is 11.7 Å². The van der Waals surface area contributed by atoms with Gasteiger partial charge in [-0.25, -0.2) is 4.79 Å². The molecule has 1 heterocycles. The van der Waals surface area contributed by atoms with E-state index >= 15 is 0 Å². The molecule has 0 amide bonds. The molecule has 2 fully saturated rings. The topological polar surface area (TPSA) is 53.4 Å². The monoisotopic (exact) mass is 278 g/mol. The summed E-state index contributed by atoms with van der Waals surface area (Å²) in [6.45, 7) is 6.21. The number of hydrogen-bond donors (Lipinski definition) is 0. The predicted octanol–water partition coefficient (Wildman–Crippen LogP) is 3.24. The Morgan fingerprint density at radius 3 is 2.75 bits per heavy atom. The molecule has 110 valence electrons. The lowest BCUT2D eigenvalue weighted by Gasteiger charge is -2.36. The van der Waals surface area contributed by atoms with Crippen LogP contribution in [0.15, 0.2) is 12.3 Å². The average Bonchev–Trinajstić information content (AvgIpc) is 3.02. The molecule has 1 spiro atoms. The third-order valence-corrected chi connectivity index (χ3v) is 4.33. The van der Waals surface area contributed by atoms with E-state index in [9.17, 15) is 4.79 Å². The highest BCUT2D eigenvalue weighted by atomic mass is 16.6. The predicted molar refractivity (Wildman–Crippen MR) is 73.7 cm³/mol. The summed E-state index contributed by atoms with van der Waals surface area (Å²) in [4.78, 5) is 11.8. The first-order valence-corrected chi connectivity index (χ1v) is 7.30.